The van der Waals surface area contributed by atoms with Crippen LogP contribution in [-0.4, -0.2) is 80.9 Å². The van der Waals surface area contributed by atoms with Crippen molar-refractivity contribution in [3.63, 3.8) is 0 Å². The normalized spacial score (nSPS) is 19.0. The minimum absolute atomic E-state index is 0.0370. The maximum atomic E-state index is 13.5. The molecule has 2 heterocycles. The van der Waals surface area contributed by atoms with Gasteiger partial charge in [-0.1, -0.05) is 26.7 Å². The number of nitrogens with two attached hydrogens (primary N) is 2. The summed E-state index contributed by atoms with van der Waals surface area (Å²) in [6, 6.07) is -3.57. The van der Waals surface area contributed by atoms with E-state index in [9.17, 15) is 24.3 Å². The van der Waals surface area contributed by atoms with Crippen LogP contribution in [0.4, 0.5) is 0 Å². The van der Waals surface area contributed by atoms with E-state index in [0.717, 1.165) is 6.42 Å². The molecule has 1 aromatic rings. The highest BCUT2D eigenvalue weighted by Crippen LogP contribution is 2.22. The standard InChI is InChI=1S/C23H39N7O5/c1-3-14(2)19(29-20(31)16(25)7-4-5-9-24)22(33)30-10-6-8-18(30)21(32)28-17(23(34)35)11-15-12-26-13-27-15/h12-14,16-19H,3-11,24-25H2,1-2H3,(H,26,27)(H,28,32)(H,29,31)(H,34,35). The molecule has 1 saturated heterocycles. The number of carboxylic acid groups (broad SMARTS) is 1. The molecule has 0 aliphatic carbocycles. The predicted molar refractivity (Wildman–Crippen MR) is 129 cm³/mol. The fourth-order valence-corrected chi connectivity index (χ4v) is 4.15. The van der Waals surface area contributed by atoms with Crippen molar-refractivity contribution in [3.8, 4) is 0 Å². The van der Waals surface area contributed by atoms with E-state index in [1.54, 1.807) is 0 Å². The molecule has 5 unspecified atom stereocenters. The third kappa shape index (κ3) is 8.03. The van der Waals surface area contributed by atoms with Crippen molar-refractivity contribution in [1.82, 2.24) is 25.5 Å². The van der Waals surface area contributed by atoms with Gasteiger partial charge in [-0.25, -0.2) is 9.78 Å². The molecule has 8 N–H and O–H groups in total. The number of nitrogens with zero attached hydrogens (tertiary/aromatic N) is 2. The molecule has 0 saturated carbocycles. The highest BCUT2D eigenvalue weighted by atomic mass is 16.4. The minimum atomic E-state index is -1.18. The first-order chi connectivity index (χ1) is 16.7. The van der Waals surface area contributed by atoms with Crippen molar-refractivity contribution in [1.29, 1.82) is 0 Å². The Balaban J connectivity index is 2.09. The first-order valence-electron chi connectivity index (χ1n) is 12.3. The molecule has 3 amide bonds. The molecule has 35 heavy (non-hydrogen) atoms. The molecule has 196 valence electrons. The van der Waals surface area contributed by atoms with Crippen molar-refractivity contribution < 1.29 is 24.3 Å². The monoisotopic (exact) mass is 493 g/mol. The van der Waals surface area contributed by atoms with Crippen LogP contribution in [0.15, 0.2) is 12.5 Å². The number of nitrogens with one attached hydrogen (secondary N) is 3. The van der Waals surface area contributed by atoms with E-state index in [0.29, 0.717) is 50.9 Å². The summed E-state index contributed by atoms with van der Waals surface area (Å²) in [7, 11) is 0. The lowest BCUT2D eigenvalue weighted by Crippen LogP contribution is -2.58. The Morgan fingerprint density at radius 1 is 1.29 bits per heavy atom. The van der Waals surface area contributed by atoms with Crippen LogP contribution < -0.4 is 22.1 Å². The Morgan fingerprint density at radius 2 is 2.03 bits per heavy atom. The van der Waals surface area contributed by atoms with Gasteiger partial charge in [-0.2, -0.15) is 0 Å². The number of rotatable bonds is 14. The highest BCUT2D eigenvalue weighted by Gasteiger charge is 2.40. The van der Waals surface area contributed by atoms with Gasteiger partial charge in [0.25, 0.3) is 0 Å². The first kappa shape index (κ1) is 28.2. The van der Waals surface area contributed by atoms with Crippen LogP contribution in [0.1, 0.15) is 58.1 Å². The molecule has 1 aliphatic rings. The largest absolute Gasteiger partial charge is 0.480 e. The maximum Gasteiger partial charge on any atom is 0.326 e. The number of imidazole rings is 1. The fraction of sp³-hybridized carbons (Fsp3) is 0.696. The molecule has 0 bridgehead atoms. The molecule has 12 heteroatoms. The zero-order valence-corrected chi connectivity index (χ0v) is 20.5. The average molecular weight is 494 g/mol. The summed E-state index contributed by atoms with van der Waals surface area (Å²) in [6.45, 7) is 4.64. The zero-order valence-electron chi connectivity index (χ0n) is 20.5. The predicted octanol–water partition coefficient (Wildman–Crippen LogP) is -0.500. The number of carboxylic acids is 1. The van der Waals surface area contributed by atoms with Gasteiger partial charge in [0.15, 0.2) is 0 Å². The van der Waals surface area contributed by atoms with Crippen molar-refractivity contribution >= 4 is 23.7 Å². The third-order valence-electron chi connectivity index (χ3n) is 6.51. The second-order valence-electron chi connectivity index (χ2n) is 9.13. The number of hydrogen-bond donors (Lipinski definition) is 6. The van der Waals surface area contributed by atoms with Gasteiger partial charge in [0.2, 0.25) is 17.7 Å². The smallest absolute Gasteiger partial charge is 0.326 e. The third-order valence-corrected chi connectivity index (χ3v) is 6.51. The number of aromatic amines is 1. The lowest BCUT2D eigenvalue weighted by Gasteiger charge is -2.32. The summed E-state index contributed by atoms with van der Waals surface area (Å²) in [4.78, 5) is 59.1. The molecule has 5 atom stereocenters. The molecule has 0 radical (unpaired) electrons. The molecule has 0 aromatic carbocycles. The molecule has 0 spiro atoms. The summed E-state index contributed by atoms with van der Waals surface area (Å²) in [5.41, 5.74) is 12.1. The maximum absolute atomic E-state index is 13.5. The Hall–Kier alpha value is -2.99. The van der Waals surface area contributed by atoms with E-state index < -0.39 is 42.0 Å². The van der Waals surface area contributed by atoms with Crippen LogP contribution >= 0.6 is 0 Å². The van der Waals surface area contributed by atoms with Gasteiger partial charge < -0.3 is 37.1 Å². The van der Waals surface area contributed by atoms with Crippen molar-refractivity contribution in [2.24, 2.45) is 17.4 Å². The second kappa shape index (κ2) is 13.8. The molecule has 2 rings (SSSR count). The number of unbranched alkanes of at least 4 members (excludes halogenated alkanes) is 1. The fourth-order valence-electron chi connectivity index (χ4n) is 4.15. The summed E-state index contributed by atoms with van der Waals surface area (Å²) in [6.07, 6.45) is 6.54. The van der Waals surface area contributed by atoms with Gasteiger partial charge in [0, 0.05) is 24.9 Å². The molecular formula is C23H39N7O5. The number of carbonyl (C=O) groups excluding carboxylic acids is 3. The number of amides is 3. The van der Waals surface area contributed by atoms with Gasteiger partial charge in [0.1, 0.15) is 18.1 Å². The van der Waals surface area contributed by atoms with Gasteiger partial charge in [-0.15, -0.1) is 0 Å². The van der Waals surface area contributed by atoms with Gasteiger partial charge in [0.05, 0.1) is 12.4 Å². The van der Waals surface area contributed by atoms with Crippen LogP contribution in [0.2, 0.25) is 0 Å². The number of hydrogen-bond acceptors (Lipinski definition) is 7. The van der Waals surface area contributed by atoms with E-state index in [-0.39, 0.29) is 18.2 Å². The minimum Gasteiger partial charge on any atom is -0.480 e. The number of H-pyrrole nitrogens is 1. The van der Waals surface area contributed by atoms with Crippen LogP contribution in [0.5, 0.6) is 0 Å². The van der Waals surface area contributed by atoms with E-state index >= 15 is 0 Å². The second-order valence-corrected chi connectivity index (χ2v) is 9.13. The first-order valence-corrected chi connectivity index (χ1v) is 12.3. The van der Waals surface area contributed by atoms with E-state index in [1.807, 2.05) is 13.8 Å². The van der Waals surface area contributed by atoms with E-state index in [4.69, 9.17) is 11.5 Å². The zero-order chi connectivity index (χ0) is 26.0. The molecular weight excluding hydrogens is 454 g/mol. The Bertz CT molecular complexity index is 847. The Kier molecular flexibility index (Phi) is 11.1. The van der Waals surface area contributed by atoms with Crippen molar-refractivity contribution in [2.75, 3.05) is 13.1 Å². The molecule has 12 nitrogen and oxygen atoms in total. The highest BCUT2D eigenvalue weighted by molar-refractivity contribution is 5.94. The Morgan fingerprint density at radius 3 is 2.63 bits per heavy atom. The SMILES string of the molecule is CCC(C)C(NC(=O)C(N)CCCCN)C(=O)N1CCCC1C(=O)NC(Cc1cnc[nH]1)C(=O)O. The number of carbonyl (C=O) groups is 4. The Labute approximate surface area is 205 Å². The summed E-state index contributed by atoms with van der Waals surface area (Å²) in [5, 5.41) is 14.9. The van der Waals surface area contributed by atoms with Crippen LogP contribution in [0.25, 0.3) is 0 Å². The van der Waals surface area contributed by atoms with Gasteiger partial charge in [-0.05, 0) is 38.1 Å². The summed E-state index contributed by atoms with van der Waals surface area (Å²) < 4.78 is 0. The topological polar surface area (TPSA) is 197 Å². The van der Waals surface area contributed by atoms with Gasteiger partial charge in [-0.3, -0.25) is 14.4 Å². The van der Waals surface area contributed by atoms with Crippen LogP contribution in [0.3, 0.4) is 0 Å². The number of likely N-dealkylation sites (tertiary alicyclic amines) is 1. The van der Waals surface area contributed by atoms with Gasteiger partial charge >= 0.3 is 5.97 Å². The van der Waals surface area contributed by atoms with Crippen molar-refractivity contribution in [2.45, 2.75) is 83.0 Å². The molecule has 1 fully saturated rings. The number of aromatic nitrogens is 2. The lowest BCUT2D eigenvalue weighted by molar-refractivity contribution is -0.145. The average Bonchev–Trinajstić information content (AvgIpc) is 3.53. The number of aliphatic carboxylic acids is 1. The molecule has 1 aliphatic heterocycles. The van der Waals surface area contributed by atoms with E-state index in [2.05, 4.69) is 20.6 Å². The summed E-state index contributed by atoms with van der Waals surface area (Å²) >= 11 is 0. The van der Waals surface area contributed by atoms with Crippen LogP contribution in [0, 0.1) is 5.92 Å². The summed E-state index contributed by atoms with van der Waals surface area (Å²) in [5.74, 6) is -2.67. The quantitative estimate of drug-likeness (QED) is 0.186. The molecule has 1 aromatic heterocycles. The van der Waals surface area contributed by atoms with Crippen LogP contribution in [-0.2, 0) is 25.6 Å². The lowest BCUT2D eigenvalue weighted by atomic mass is 9.96. The van der Waals surface area contributed by atoms with Crippen molar-refractivity contribution in [3.05, 3.63) is 18.2 Å². The van der Waals surface area contributed by atoms with E-state index in [1.165, 1.54) is 17.4 Å².